The van der Waals surface area contributed by atoms with E-state index >= 15 is 0 Å². The first-order chi connectivity index (χ1) is 26.2. The summed E-state index contributed by atoms with van der Waals surface area (Å²) in [5.41, 5.74) is 2.88. The lowest BCUT2D eigenvalue weighted by Crippen LogP contribution is -2.62. The second-order valence-electron chi connectivity index (χ2n) is 12.1. The molecule has 290 valence electrons. The zero-order valence-electron chi connectivity index (χ0n) is 30.2. The number of methoxy groups -OCH3 is 3. The molecule has 4 aromatic carbocycles. The topological polar surface area (TPSA) is 107 Å². The van der Waals surface area contributed by atoms with E-state index in [2.05, 4.69) is 0 Å². The summed E-state index contributed by atoms with van der Waals surface area (Å²) in [5, 5.41) is 8.47. The van der Waals surface area contributed by atoms with Gasteiger partial charge in [-0.25, -0.2) is 0 Å². The van der Waals surface area contributed by atoms with Crippen LogP contribution in [-0.2, 0) is 48.2 Å². The van der Waals surface area contributed by atoms with Gasteiger partial charge >= 0.3 is 0 Å². The van der Waals surface area contributed by atoms with Crippen molar-refractivity contribution in [2.45, 2.75) is 59.2 Å². The molecule has 0 bridgehead atoms. The number of rotatable bonds is 19. The van der Waals surface area contributed by atoms with Crippen molar-refractivity contribution in [3.8, 4) is 17.2 Å². The van der Waals surface area contributed by atoms with Gasteiger partial charge in [0.1, 0.15) is 24.4 Å². The highest BCUT2D eigenvalue weighted by molar-refractivity contribution is 7.99. The molecule has 10 nitrogen and oxygen atoms in total. The minimum absolute atomic E-state index is 0.101. The van der Waals surface area contributed by atoms with Crippen molar-refractivity contribution in [3.05, 3.63) is 120 Å². The monoisotopic (exact) mass is 819 g/mol. The van der Waals surface area contributed by atoms with Crippen LogP contribution in [0.15, 0.2) is 108 Å². The molecule has 5 atom stereocenters. The number of hydrogen-bond acceptors (Lipinski definition) is 11. The number of benzene rings is 4. The van der Waals surface area contributed by atoms with E-state index in [1.54, 1.807) is 21.3 Å². The highest BCUT2D eigenvalue weighted by Gasteiger charge is 2.51. The predicted octanol–water partition coefficient (Wildman–Crippen LogP) is 8.67. The number of ether oxygens (including phenoxy) is 9. The summed E-state index contributed by atoms with van der Waals surface area (Å²) >= 11 is 19.8. The number of halogens is 3. The summed E-state index contributed by atoms with van der Waals surface area (Å²) in [6, 6.07) is 33.1. The third-order valence-corrected chi connectivity index (χ3v) is 9.80. The van der Waals surface area contributed by atoms with Crippen LogP contribution >= 0.6 is 46.6 Å². The summed E-state index contributed by atoms with van der Waals surface area (Å²) in [6.07, 6.45) is -4.40. The molecule has 1 heterocycles. The molecule has 0 saturated carbocycles. The summed E-state index contributed by atoms with van der Waals surface area (Å²) < 4.78 is 53.0. The van der Waals surface area contributed by atoms with Crippen LogP contribution in [0.5, 0.6) is 17.2 Å². The lowest BCUT2D eigenvalue weighted by Gasteiger charge is -2.45. The largest absolute Gasteiger partial charge is 0.493 e. The molecule has 0 aromatic heterocycles. The van der Waals surface area contributed by atoms with E-state index in [1.807, 2.05) is 103 Å². The molecule has 0 aliphatic carbocycles. The van der Waals surface area contributed by atoms with Crippen molar-refractivity contribution in [1.29, 1.82) is 5.41 Å². The molecule has 1 fully saturated rings. The van der Waals surface area contributed by atoms with Crippen LogP contribution in [0.1, 0.15) is 16.7 Å². The SMILES string of the molecule is COc1cc(SCCO[C@H]2C(OC(=N)C(Cl)(Cl)Cl)O[C@H](COCc3ccccc3)[C@@H](OCc3ccccc3)[C@@H]2OCc2ccccc2)cc(OC)c1OC. The Morgan fingerprint density at radius 1 is 0.685 bits per heavy atom. The van der Waals surface area contributed by atoms with E-state index in [0.717, 1.165) is 21.6 Å². The van der Waals surface area contributed by atoms with Crippen LogP contribution < -0.4 is 14.2 Å². The Kier molecular flexibility index (Phi) is 16.4. The Hall–Kier alpha value is -3.23. The second kappa shape index (κ2) is 21.2. The molecular weight excluding hydrogens is 777 g/mol. The molecule has 0 radical (unpaired) electrons. The maximum absolute atomic E-state index is 8.47. The normalized spacial score (nSPS) is 19.9. The molecule has 0 spiro atoms. The van der Waals surface area contributed by atoms with Gasteiger partial charge in [-0.1, -0.05) is 126 Å². The molecule has 5 rings (SSSR count). The Morgan fingerprint density at radius 2 is 1.20 bits per heavy atom. The summed E-state index contributed by atoms with van der Waals surface area (Å²) in [6.45, 7) is 1.12. The Bertz CT molecular complexity index is 1700. The summed E-state index contributed by atoms with van der Waals surface area (Å²) in [7, 11) is 4.69. The third kappa shape index (κ3) is 12.1. The van der Waals surface area contributed by atoms with Gasteiger partial charge in [0, 0.05) is 10.6 Å². The average Bonchev–Trinajstić information content (AvgIpc) is 3.19. The Morgan fingerprint density at radius 3 is 1.70 bits per heavy atom. The number of alkyl halides is 3. The van der Waals surface area contributed by atoms with Crippen molar-refractivity contribution in [1.82, 2.24) is 0 Å². The minimum Gasteiger partial charge on any atom is -0.493 e. The summed E-state index contributed by atoms with van der Waals surface area (Å²) in [5.74, 6) is 1.43. The van der Waals surface area contributed by atoms with Crippen molar-refractivity contribution >= 4 is 52.5 Å². The van der Waals surface area contributed by atoms with Crippen molar-refractivity contribution in [2.24, 2.45) is 0 Å². The van der Waals surface area contributed by atoms with Gasteiger partial charge in [0.05, 0.1) is 54.4 Å². The van der Waals surface area contributed by atoms with Crippen LogP contribution in [0.4, 0.5) is 0 Å². The molecule has 1 unspecified atom stereocenters. The second-order valence-corrected chi connectivity index (χ2v) is 15.5. The zero-order chi connectivity index (χ0) is 38.3. The average molecular weight is 821 g/mol. The Labute approximate surface area is 335 Å². The maximum Gasteiger partial charge on any atom is 0.265 e. The van der Waals surface area contributed by atoms with Gasteiger partial charge in [0.15, 0.2) is 11.5 Å². The fourth-order valence-corrected chi connectivity index (χ4v) is 6.67. The van der Waals surface area contributed by atoms with Crippen LogP contribution in [0.2, 0.25) is 0 Å². The van der Waals surface area contributed by atoms with Gasteiger partial charge in [-0.2, -0.15) is 0 Å². The van der Waals surface area contributed by atoms with Gasteiger partial charge < -0.3 is 42.6 Å². The number of thioether (sulfide) groups is 1. The fourth-order valence-electron chi connectivity index (χ4n) is 5.74. The first-order valence-electron chi connectivity index (χ1n) is 17.1. The van der Waals surface area contributed by atoms with E-state index in [1.165, 1.54) is 11.8 Å². The van der Waals surface area contributed by atoms with Gasteiger partial charge in [-0.3, -0.25) is 5.41 Å². The molecule has 1 N–H and O–H groups in total. The fraction of sp³-hybridized carbons (Fsp3) is 0.375. The van der Waals surface area contributed by atoms with Crippen molar-refractivity contribution in [2.75, 3.05) is 40.3 Å². The van der Waals surface area contributed by atoms with E-state index in [9.17, 15) is 0 Å². The van der Waals surface area contributed by atoms with E-state index < -0.39 is 40.4 Å². The van der Waals surface area contributed by atoms with Crippen LogP contribution in [0, 0.1) is 5.41 Å². The number of hydrogen-bond donors (Lipinski definition) is 1. The molecule has 1 saturated heterocycles. The maximum atomic E-state index is 8.47. The summed E-state index contributed by atoms with van der Waals surface area (Å²) in [4.78, 5) is 0.871. The van der Waals surface area contributed by atoms with E-state index in [-0.39, 0.29) is 26.4 Å². The molecule has 1 aliphatic heterocycles. The minimum atomic E-state index is -2.16. The zero-order valence-corrected chi connectivity index (χ0v) is 33.2. The standard InChI is InChI=1S/C40H44Cl3NO9S/c1-45-31-21-30(22-32(46-2)34(31)47-3)54-20-19-49-37-36(51-25-29-17-11-6-12-18-29)35(50-24-28-15-9-5-10-16-28)33(26-48-23-27-13-7-4-8-14-27)52-38(37)53-39(44)40(41,42)43/h4-18,21-22,33,35-38,44H,19-20,23-26H2,1-3H3/t33-,35-,36+,37-,38?/m1/s1. The van der Waals surface area contributed by atoms with Gasteiger partial charge in [0.2, 0.25) is 17.9 Å². The smallest absolute Gasteiger partial charge is 0.265 e. The lowest BCUT2D eigenvalue weighted by molar-refractivity contribution is -0.310. The highest BCUT2D eigenvalue weighted by Crippen LogP contribution is 2.41. The van der Waals surface area contributed by atoms with Gasteiger partial charge in [0.25, 0.3) is 3.79 Å². The first kappa shape index (κ1) is 41.9. The van der Waals surface area contributed by atoms with E-state index in [4.69, 9.17) is 82.8 Å². The predicted molar refractivity (Wildman–Crippen MR) is 210 cm³/mol. The van der Waals surface area contributed by atoms with Gasteiger partial charge in [-0.05, 0) is 28.8 Å². The van der Waals surface area contributed by atoms with Crippen LogP contribution in [0.3, 0.4) is 0 Å². The van der Waals surface area contributed by atoms with Crippen LogP contribution in [-0.4, -0.2) is 80.7 Å². The molecule has 4 aromatic rings. The van der Waals surface area contributed by atoms with E-state index in [0.29, 0.717) is 29.6 Å². The molecular formula is C40H44Cl3NO9S. The van der Waals surface area contributed by atoms with Gasteiger partial charge in [-0.15, -0.1) is 11.8 Å². The highest BCUT2D eigenvalue weighted by atomic mass is 35.6. The molecule has 54 heavy (non-hydrogen) atoms. The molecule has 1 aliphatic rings. The first-order valence-corrected chi connectivity index (χ1v) is 19.3. The lowest BCUT2D eigenvalue weighted by atomic mass is 9.98. The molecule has 14 heteroatoms. The Balaban J connectivity index is 1.43. The van der Waals surface area contributed by atoms with Crippen LogP contribution in [0.25, 0.3) is 0 Å². The third-order valence-electron chi connectivity index (χ3n) is 8.35. The molecule has 0 amide bonds. The quantitative estimate of drug-likeness (QED) is 0.0325. The number of nitrogens with one attached hydrogen (secondary N) is 1. The van der Waals surface area contributed by atoms with Crippen molar-refractivity contribution < 1.29 is 42.6 Å². The van der Waals surface area contributed by atoms with Crippen molar-refractivity contribution in [3.63, 3.8) is 0 Å².